The maximum Gasteiger partial charge on any atom is 0.306 e. The number of esters is 2. The Morgan fingerprint density at radius 1 is 0.582 bits per heavy atom. The van der Waals surface area contributed by atoms with E-state index >= 15 is 0 Å². The van der Waals surface area contributed by atoms with Gasteiger partial charge in [0.15, 0.2) is 12.4 Å². The highest BCUT2D eigenvalue weighted by Gasteiger charge is 2.44. The molecule has 0 amide bonds. The first-order chi connectivity index (χ1) is 26.8. The third-order valence-corrected chi connectivity index (χ3v) is 9.14. The second-order valence-corrected chi connectivity index (χ2v) is 14.1. The van der Waals surface area contributed by atoms with Crippen molar-refractivity contribution in [2.75, 3.05) is 19.8 Å². The van der Waals surface area contributed by atoms with Gasteiger partial charge in [-0.15, -0.1) is 0 Å². The fourth-order valence-electron chi connectivity index (χ4n) is 5.85. The zero-order valence-electron chi connectivity index (χ0n) is 34.0. The molecule has 0 aliphatic carbocycles. The number of hydrogen-bond acceptors (Lipinski definition) is 10. The molecular formula is C45H75NO9. The highest BCUT2D eigenvalue weighted by atomic mass is 16.7. The summed E-state index contributed by atoms with van der Waals surface area (Å²) in [6, 6.07) is 0. The molecule has 10 nitrogen and oxygen atoms in total. The summed E-state index contributed by atoms with van der Waals surface area (Å²) in [5, 5.41) is 30.7. The maximum atomic E-state index is 12.8. The van der Waals surface area contributed by atoms with Crippen LogP contribution >= 0.6 is 0 Å². The molecule has 1 saturated heterocycles. The number of nitrogens with two attached hydrogens (primary N) is 1. The molecule has 0 saturated carbocycles. The number of carbonyl (C=O) groups is 2. The van der Waals surface area contributed by atoms with Crippen molar-refractivity contribution in [2.24, 2.45) is 5.73 Å². The van der Waals surface area contributed by atoms with Crippen LogP contribution in [0.2, 0.25) is 0 Å². The molecule has 1 heterocycles. The van der Waals surface area contributed by atoms with Gasteiger partial charge < -0.3 is 40.0 Å². The molecule has 6 atom stereocenters. The third kappa shape index (κ3) is 27.4. The van der Waals surface area contributed by atoms with Gasteiger partial charge in [-0.1, -0.05) is 125 Å². The largest absolute Gasteiger partial charge is 0.462 e. The lowest BCUT2D eigenvalue weighted by Crippen LogP contribution is -2.60. The summed E-state index contributed by atoms with van der Waals surface area (Å²) in [4.78, 5) is 25.3. The first-order valence-corrected chi connectivity index (χ1v) is 21.1. The molecular weight excluding hydrogens is 698 g/mol. The Hall–Kier alpha value is -2.86. The monoisotopic (exact) mass is 774 g/mol. The molecule has 0 radical (unpaired) electrons. The van der Waals surface area contributed by atoms with Crippen molar-refractivity contribution in [3.8, 4) is 0 Å². The summed E-state index contributed by atoms with van der Waals surface area (Å²) in [5.74, 6) is -0.818. The van der Waals surface area contributed by atoms with Crippen molar-refractivity contribution in [3.63, 3.8) is 0 Å². The SMILES string of the molecule is CC/C=C\C/C=C\C/C=C\CCCCCCCC(=O)OC[C@H](CO[C@@H]1O[C@H](CN)[C@@H](O)[C@H](O)[C@H]1O)OC(=O)CCCCCCC/C=C\C/C=C\C/C=C\CC. The Balaban J connectivity index is 2.39. The topological polar surface area (TPSA) is 158 Å². The molecule has 1 aliphatic heterocycles. The lowest BCUT2D eigenvalue weighted by molar-refractivity contribution is -0.299. The second-order valence-electron chi connectivity index (χ2n) is 14.1. The number of rotatable bonds is 33. The molecule has 0 unspecified atom stereocenters. The molecule has 5 N–H and O–H groups in total. The van der Waals surface area contributed by atoms with Crippen LogP contribution < -0.4 is 5.73 Å². The fourth-order valence-corrected chi connectivity index (χ4v) is 5.85. The van der Waals surface area contributed by atoms with Crippen molar-refractivity contribution in [2.45, 2.75) is 179 Å². The minimum atomic E-state index is -1.54. The second kappa shape index (κ2) is 35.5. The Morgan fingerprint density at radius 3 is 1.55 bits per heavy atom. The smallest absolute Gasteiger partial charge is 0.306 e. The van der Waals surface area contributed by atoms with Gasteiger partial charge in [0.1, 0.15) is 31.0 Å². The molecule has 0 bridgehead atoms. The van der Waals surface area contributed by atoms with Crippen LogP contribution in [0, 0.1) is 0 Å². The van der Waals surface area contributed by atoms with Gasteiger partial charge in [0.25, 0.3) is 0 Å². The van der Waals surface area contributed by atoms with E-state index in [1.165, 1.54) is 0 Å². The van der Waals surface area contributed by atoms with Crippen molar-refractivity contribution in [3.05, 3.63) is 72.9 Å². The Kier molecular flexibility index (Phi) is 32.4. The zero-order chi connectivity index (χ0) is 40.2. The average molecular weight is 774 g/mol. The van der Waals surface area contributed by atoms with E-state index in [2.05, 4.69) is 86.8 Å². The molecule has 0 aromatic carbocycles. The first kappa shape index (κ1) is 50.2. The average Bonchev–Trinajstić information content (AvgIpc) is 3.18. The fraction of sp³-hybridized carbons (Fsp3) is 0.689. The van der Waals surface area contributed by atoms with E-state index in [-0.39, 0.29) is 38.6 Å². The lowest BCUT2D eigenvalue weighted by Gasteiger charge is -2.40. The van der Waals surface area contributed by atoms with E-state index in [0.29, 0.717) is 12.8 Å². The number of carbonyl (C=O) groups excluding carboxylic acids is 2. The van der Waals surface area contributed by atoms with E-state index < -0.39 is 42.8 Å². The quantitative estimate of drug-likeness (QED) is 0.0290. The predicted molar refractivity (Wildman–Crippen MR) is 221 cm³/mol. The predicted octanol–water partition coefficient (Wildman–Crippen LogP) is 8.40. The van der Waals surface area contributed by atoms with Crippen molar-refractivity contribution in [1.29, 1.82) is 0 Å². The normalized spacial score (nSPS) is 21.3. The number of allylic oxidation sites excluding steroid dienone is 12. The van der Waals surface area contributed by atoms with Crippen LogP contribution in [0.3, 0.4) is 0 Å². The third-order valence-electron chi connectivity index (χ3n) is 9.14. The number of aliphatic hydroxyl groups excluding tert-OH is 3. The van der Waals surface area contributed by atoms with Crippen molar-refractivity contribution >= 4 is 11.9 Å². The van der Waals surface area contributed by atoms with E-state index in [0.717, 1.165) is 103 Å². The first-order valence-electron chi connectivity index (χ1n) is 21.1. The number of ether oxygens (including phenoxy) is 4. The van der Waals surface area contributed by atoms with Gasteiger partial charge in [-0.3, -0.25) is 9.59 Å². The molecule has 314 valence electrons. The summed E-state index contributed by atoms with van der Waals surface area (Å²) in [6.45, 7) is 3.71. The minimum Gasteiger partial charge on any atom is -0.462 e. The van der Waals surface area contributed by atoms with Gasteiger partial charge in [-0.2, -0.15) is 0 Å². The van der Waals surface area contributed by atoms with Crippen LogP contribution in [0.15, 0.2) is 72.9 Å². The maximum absolute atomic E-state index is 12.8. The number of hydrogen-bond donors (Lipinski definition) is 4. The zero-order valence-corrected chi connectivity index (χ0v) is 34.0. The number of unbranched alkanes of at least 4 members (excludes halogenated alkanes) is 10. The Bertz CT molecular complexity index is 1130. The van der Waals surface area contributed by atoms with Crippen LogP contribution in [0.5, 0.6) is 0 Å². The summed E-state index contributed by atoms with van der Waals surface area (Å²) >= 11 is 0. The molecule has 0 aromatic rings. The van der Waals surface area contributed by atoms with E-state index in [4.69, 9.17) is 24.7 Å². The highest BCUT2D eigenvalue weighted by molar-refractivity contribution is 5.70. The summed E-state index contributed by atoms with van der Waals surface area (Å²) in [5.41, 5.74) is 5.64. The highest BCUT2D eigenvalue weighted by Crippen LogP contribution is 2.22. The van der Waals surface area contributed by atoms with Gasteiger partial charge in [-0.25, -0.2) is 0 Å². The molecule has 55 heavy (non-hydrogen) atoms. The standard InChI is InChI=1S/C45H75NO9/c1-3-5-7-9-11-13-15-17-19-21-23-25-27-29-31-33-40(47)52-36-38(37-53-45-44(51)43(50)42(49)39(35-46)55-45)54-41(48)34-32-30-28-26-24-22-20-18-16-14-12-10-8-6-4-2/h5-8,11-14,17-20,38-39,42-45,49-51H,3-4,9-10,15-16,21-37,46H2,1-2H3/b7-5-,8-6-,13-11-,14-12-,19-17-,20-18-/t38-,39-,42-,43+,44-,45-/m1/s1. The summed E-state index contributed by atoms with van der Waals surface area (Å²) in [6.07, 6.45) is 37.0. The van der Waals surface area contributed by atoms with Gasteiger partial charge in [0.05, 0.1) is 6.61 Å². The molecule has 10 heteroatoms. The molecule has 0 spiro atoms. The van der Waals surface area contributed by atoms with Crippen LogP contribution in [-0.2, 0) is 28.5 Å². The van der Waals surface area contributed by atoms with Crippen molar-refractivity contribution in [1.82, 2.24) is 0 Å². The van der Waals surface area contributed by atoms with Crippen LogP contribution in [-0.4, -0.2) is 83.8 Å². The Morgan fingerprint density at radius 2 is 1.04 bits per heavy atom. The summed E-state index contributed by atoms with van der Waals surface area (Å²) in [7, 11) is 0. The molecule has 0 aromatic heterocycles. The van der Waals surface area contributed by atoms with E-state index in [1.807, 2.05) is 0 Å². The van der Waals surface area contributed by atoms with Crippen LogP contribution in [0.4, 0.5) is 0 Å². The molecule has 1 rings (SSSR count). The van der Waals surface area contributed by atoms with Gasteiger partial charge in [0, 0.05) is 19.4 Å². The molecule has 1 fully saturated rings. The van der Waals surface area contributed by atoms with Crippen LogP contribution in [0.25, 0.3) is 0 Å². The Labute approximate surface area is 332 Å². The van der Waals surface area contributed by atoms with Crippen LogP contribution in [0.1, 0.15) is 142 Å². The number of aliphatic hydroxyl groups is 3. The lowest BCUT2D eigenvalue weighted by atomic mass is 9.99. The minimum absolute atomic E-state index is 0.0982. The van der Waals surface area contributed by atoms with Gasteiger partial charge in [-0.05, 0) is 77.0 Å². The van der Waals surface area contributed by atoms with Gasteiger partial charge in [0.2, 0.25) is 0 Å². The van der Waals surface area contributed by atoms with Gasteiger partial charge >= 0.3 is 11.9 Å². The summed E-state index contributed by atoms with van der Waals surface area (Å²) < 4.78 is 22.3. The van der Waals surface area contributed by atoms with Crippen molar-refractivity contribution < 1.29 is 43.9 Å². The van der Waals surface area contributed by atoms with E-state index in [1.54, 1.807) is 0 Å². The van der Waals surface area contributed by atoms with E-state index in [9.17, 15) is 24.9 Å². The molecule has 1 aliphatic rings.